The zero-order valence-electron chi connectivity index (χ0n) is 27.5. The molecular formula is C44H41N. The molecule has 0 aliphatic heterocycles. The van der Waals surface area contributed by atoms with Crippen molar-refractivity contribution in [3.63, 3.8) is 0 Å². The zero-order valence-corrected chi connectivity index (χ0v) is 27.5. The van der Waals surface area contributed by atoms with Crippen molar-refractivity contribution in [3.05, 3.63) is 149 Å². The molecule has 0 atom stereocenters. The van der Waals surface area contributed by atoms with Gasteiger partial charge in [0.1, 0.15) is 0 Å². The minimum atomic E-state index is 0.117. The van der Waals surface area contributed by atoms with Crippen LogP contribution in [0.25, 0.3) is 60.9 Å². The predicted octanol–water partition coefficient (Wildman–Crippen LogP) is 12.3. The minimum absolute atomic E-state index is 0.117. The molecule has 0 saturated heterocycles. The summed E-state index contributed by atoms with van der Waals surface area (Å²) < 4.78 is 2.47. The standard InChI is InChI=1S/C44H41N/c1-28-20-29(2)23-35(22-28)33-14-18-42-39(26-33)40-27-34(36-24-30(3)21-31(4)25-36)15-19-43(40)45(42)41-11-9-8-10-38(41)32-12-16-37(17-13-32)44(5,6)7/h8-27H,1-7H3. The minimum Gasteiger partial charge on any atom is -0.309 e. The third kappa shape index (κ3) is 5.38. The molecule has 1 heteroatoms. The normalized spacial score (nSPS) is 11.9. The Balaban J connectivity index is 1.50. The first-order chi connectivity index (χ1) is 21.5. The van der Waals surface area contributed by atoms with Gasteiger partial charge in [0.2, 0.25) is 0 Å². The van der Waals surface area contributed by atoms with E-state index in [0.717, 1.165) is 0 Å². The first-order valence-corrected chi connectivity index (χ1v) is 16.0. The number of benzene rings is 6. The van der Waals surface area contributed by atoms with Gasteiger partial charge in [-0.05, 0) is 96.8 Å². The van der Waals surface area contributed by atoms with Crippen molar-refractivity contribution in [1.82, 2.24) is 4.57 Å². The lowest BCUT2D eigenvalue weighted by molar-refractivity contribution is 0.590. The van der Waals surface area contributed by atoms with E-state index in [9.17, 15) is 0 Å². The smallest absolute Gasteiger partial charge is 0.0541 e. The van der Waals surface area contributed by atoms with Crippen molar-refractivity contribution >= 4 is 21.8 Å². The summed E-state index contributed by atoms with van der Waals surface area (Å²) in [6, 6.07) is 45.6. The molecule has 0 fully saturated rings. The van der Waals surface area contributed by atoms with Gasteiger partial charge in [-0.1, -0.05) is 134 Å². The van der Waals surface area contributed by atoms with Gasteiger partial charge < -0.3 is 4.57 Å². The molecule has 0 aliphatic carbocycles. The molecule has 1 aromatic heterocycles. The highest BCUT2D eigenvalue weighted by Crippen LogP contribution is 2.40. The van der Waals surface area contributed by atoms with Crippen molar-refractivity contribution in [1.29, 1.82) is 0 Å². The molecule has 0 radical (unpaired) electrons. The van der Waals surface area contributed by atoms with E-state index in [1.165, 1.54) is 88.7 Å². The maximum atomic E-state index is 2.47. The highest BCUT2D eigenvalue weighted by atomic mass is 15.0. The molecule has 1 nitrogen and oxygen atoms in total. The summed E-state index contributed by atoms with van der Waals surface area (Å²) in [5.74, 6) is 0. The van der Waals surface area contributed by atoms with Gasteiger partial charge in [0.05, 0.1) is 16.7 Å². The molecule has 6 aromatic carbocycles. The second kappa shape index (κ2) is 10.9. The van der Waals surface area contributed by atoms with Crippen LogP contribution in [0.2, 0.25) is 0 Å². The third-order valence-corrected chi connectivity index (χ3v) is 9.08. The Labute approximate surface area is 267 Å². The first kappa shape index (κ1) is 28.9. The van der Waals surface area contributed by atoms with Crippen LogP contribution in [0.15, 0.2) is 121 Å². The van der Waals surface area contributed by atoms with Crippen LogP contribution in [0.1, 0.15) is 48.6 Å². The van der Waals surface area contributed by atoms with E-state index in [4.69, 9.17) is 0 Å². The summed E-state index contributed by atoms with van der Waals surface area (Å²) in [7, 11) is 0. The molecule has 0 spiro atoms. The summed E-state index contributed by atoms with van der Waals surface area (Å²) in [5, 5.41) is 2.54. The van der Waals surface area contributed by atoms with Crippen LogP contribution < -0.4 is 0 Å². The van der Waals surface area contributed by atoms with E-state index in [-0.39, 0.29) is 5.41 Å². The first-order valence-electron chi connectivity index (χ1n) is 16.0. The fourth-order valence-corrected chi connectivity index (χ4v) is 6.99. The molecule has 1 heterocycles. The number of hydrogen-bond acceptors (Lipinski definition) is 0. The van der Waals surface area contributed by atoms with Gasteiger partial charge in [0, 0.05) is 16.3 Å². The molecule has 0 N–H and O–H groups in total. The Kier molecular flexibility index (Phi) is 7.01. The molecule has 7 rings (SSSR count). The average Bonchev–Trinajstić information content (AvgIpc) is 3.32. The van der Waals surface area contributed by atoms with Gasteiger partial charge in [0.25, 0.3) is 0 Å². The lowest BCUT2D eigenvalue weighted by Crippen LogP contribution is -2.10. The highest BCUT2D eigenvalue weighted by Gasteiger charge is 2.18. The quantitative estimate of drug-likeness (QED) is 0.194. The second-order valence-electron chi connectivity index (χ2n) is 13.9. The van der Waals surface area contributed by atoms with Gasteiger partial charge in [-0.25, -0.2) is 0 Å². The topological polar surface area (TPSA) is 4.93 Å². The van der Waals surface area contributed by atoms with Crippen molar-refractivity contribution in [2.24, 2.45) is 0 Å². The van der Waals surface area contributed by atoms with Crippen LogP contribution in [0.4, 0.5) is 0 Å². The van der Waals surface area contributed by atoms with Gasteiger partial charge >= 0.3 is 0 Å². The molecule has 45 heavy (non-hydrogen) atoms. The van der Waals surface area contributed by atoms with Crippen molar-refractivity contribution in [2.45, 2.75) is 53.9 Å². The maximum absolute atomic E-state index is 2.47. The summed E-state index contributed by atoms with van der Waals surface area (Å²) in [5.41, 5.74) is 17.7. The molecule has 0 bridgehead atoms. The van der Waals surface area contributed by atoms with Crippen molar-refractivity contribution in [3.8, 4) is 39.1 Å². The number of para-hydroxylation sites is 1. The number of fused-ring (bicyclic) bond motifs is 3. The number of hydrogen-bond donors (Lipinski definition) is 0. The number of nitrogens with zero attached hydrogens (tertiary/aromatic N) is 1. The maximum Gasteiger partial charge on any atom is 0.0541 e. The summed E-state index contributed by atoms with van der Waals surface area (Å²) >= 11 is 0. The molecule has 0 amide bonds. The lowest BCUT2D eigenvalue weighted by Gasteiger charge is -2.20. The molecular weight excluding hydrogens is 542 g/mol. The fraction of sp³-hybridized carbons (Fsp3) is 0.182. The van der Waals surface area contributed by atoms with E-state index >= 15 is 0 Å². The van der Waals surface area contributed by atoms with Crippen LogP contribution in [-0.2, 0) is 5.41 Å². The Morgan fingerprint density at radius 1 is 0.422 bits per heavy atom. The van der Waals surface area contributed by atoms with Gasteiger partial charge in [0.15, 0.2) is 0 Å². The van der Waals surface area contributed by atoms with Gasteiger partial charge in [-0.15, -0.1) is 0 Å². The summed E-state index contributed by atoms with van der Waals surface area (Å²) in [6.07, 6.45) is 0. The molecule has 0 saturated carbocycles. The number of rotatable bonds is 4. The van der Waals surface area contributed by atoms with E-state index in [0.29, 0.717) is 0 Å². The third-order valence-electron chi connectivity index (χ3n) is 9.08. The molecule has 0 unspecified atom stereocenters. The molecule has 222 valence electrons. The van der Waals surface area contributed by atoms with E-state index < -0.39 is 0 Å². The Morgan fingerprint density at radius 3 is 1.33 bits per heavy atom. The van der Waals surface area contributed by atoms with E-state index in [2.05, 4.69) is 174 Å². The van der Waals surface area contributed by atoms with Crippen molar-refractivity contribution < 1.29 is 0 Å². The Bertz CT molecular complexity index is 2070. The van der Waals surface area contributed by atoms with E-state index in [1.54, 1.807) is 0 Å². The lowest BCUT2D eigenvalue weighted by atomic mass is 9.86. The summed E-state index contributed by atoms with van der Waals surface area (Å²) in [4.78, 5) is 0. The SMILES string of the molecule is Cc1cc(C)cc(-c2ccc3c(c2)c2cc(-c4cc(C)cc(C)c4)ccc2n3-c2ccccc2-c2ccc(C(C)(C)C)cc2)c1. The Hall–Kier alpha value is -4.88. The fourth-order valence-electron chi connectivity index (χ4n) is 6.99. The number of aromatic nitrogens is 1. The highest BCUT2D eigenvalue weighted by molar-refractivity contribution is 6.12. The average molecular weight is 584 g/mol. The Morgan fingerprint density at radius 2 is 0.867 bits per heavy atom. The van der Waals surface area contributed by atoms with Crippen molar-refractivity contribution in [2.75, 3.05) is 0 Å². The van der Waals surface area contributed by atoms with Crippen LogP contribution in [0.5, 0.6) is 0 Å². The van der Waals surface area contributed by atoms with Crippen LogP contribution in [0.3, 0.4) is 0 Å². The van der Waals surface area contributed by atoms with Gasteiger partial charge in [-0.2, -0.15) is 0 Å². The number of aryl methyl sites for hydroxylation is 4. The van der Waals surface area contributed by atoms with Crippen LogP contribution in [-0.4, -0.2) is 4.57 Å². The monoisotopic (exact) mass is 583 g/mol. The van der Waals surface area contributed by atoms with Crippen LogP contribution >= 0.6 is 0 Å². The zero-order chi connectivity index (χ0) is 31.5. The van der Waals surface area contributed by atoms with Crippen LogP contribution in [0, 0.1) is 27.7 Å². The largest absolute Gasteiger partial charge is 0.309 e. The van der Waals surface area contributed by atoms with Gasteiger partial charge in [-0.3, -0.25) is 0 Å². The predicted molar refractivity (Wildman–Crippen MR) is 195 cm³/mol. The summed E-state index contributed by atoms with van der Waals surface area (Å²) in [6.45, 7) is 15.5. The van der Waals surface area contributed by atoms with E-state index in [1.807, 2.05) is 0 Å². The second-order valence-corrected chi connectivity index (χ2v) is 13.9. The molecule has 0 aliphatic rings. The molecule has 7 aromatic rings.